The zero-order valence-electron chi connectivity index (χ0n) is 20.2. The molecule has 0 radical (unpaired) electrons. The number of amides is 3. The summed E-state index contributed by atoms with van der Waals surface area (Å²) in [5, 5.41) is 10.1. The van der Waals surface area contributed by atoms with Crippen molar-refractivity contribution in [1.29, 1.82) is 0 Å². The van der Waals surface area contributed by atoms with Crippen LogP contribution in [0.1, 0.15) is 22.8 Å². The van der Waals surface area contributed by atoms with Gasteiger partial charge in [-0.25, -0.2) is 9.37 Å². The highest BCUT2D eigenvalue weighted by atomic mass is 32.2. The van der Waals surface area contributed by atoms with Gasteiger partial charge in [0.2, 0.25) is 5.91 Å². The van der Waals surface area contributed by atoms with Gasteiger partial charge >= 0.3 is 0 Å². The van der Waals surface area contributed by atoms with E-state index in [4.69, 9.17) is 0 Å². The molecule has 7 nitrogen and oxygen atoms in total. The molecule has 10 heteroatoms. The Morgan fingerprint density at radius 3 is 2.45 bits per heavy atom. The summed E-state index contributed by atoms with van der Waals surface area (Å²) in [5.74, 6) is -1.62. The van der Waals surface area contributed by atoms with E-state index in [0.717, 1.165) is 4.90 Å². The Kier molecular flexibility index (Phi) is 9.02. The molecule has 0 aliphatic rings. The van der Waals surface area contributed by atoms with E-state index >= 15 is 0 Å². The molecular formula is C28H23FN4O3S2. The van der Waals surface area contributed by atoms with E-state index in [1.54, 1.807) is 67.0 Å². The van der Waals surface area contributed by atoms with Crippen LogP contribution in [0.3, 0.4) is 0 Å². The average molecular weight is 547 g/mol. The van der Waals surface area contributed by atoms with Crippen molar-refractivity contribution >= 4 is 57.7 Å². The van der Waals surface area contributed by atoms with Crippen LogP contribution in [0.25, 0.3) is 6.08 Å². The van der Waals surface area contributed by atoms with E-state index < -0.39 is 22.9 Å². The molecule has 192 valence electrons. The Morgan fingerprint density at radius 1 is 0.974 bits per heavy atom. The number of anilines is 2. The fraction of sp³-hybridized carbons (Fsp3) is 0.0714. The second kappa shape index (κ2) is 12.8. The van der Waals surface area contributed by atoms with E-state index in [9.17, 15) is 18.8 Å². The van der Waals surface area contributed by atoms with Crippen molar-refractivity contribution < 1.29 is 18.8 Å². The van der Waals surface area contributed by atoms with E-state index in [0.29, 0.717) is 21.9 Å². The molecule has 3 N–H and O–H groups in total. The third-order valence-electron chi connectivity index (χ3n) is 5.15. The molecule has 0 spiro atoms. The van der Waals surface area contributed by atoms with Crippen LogP contribution in [0.5, 0.6) is 0 Å². The maximum absolute atomic E-state index is 13.4. The highest BCUT2D eigenvalue weighted by molar-refractivity contribution is 8.00. The number of thioether (sulfide) groups is 1. The number of aromatic nitrogens is 1. The summed E-state index contributed by atoms with van der Waals surface area (Å²) in [6, 6.07) is 21.1. The summed E-state index contributed by atoms with van der Waals surface area (Å²) < 4.78 is 13.4. The van der Waals surface area contributed by atoms with Gasteiger partial charge in [0.15, 0.2) is 5.13 Å². The van der Waals surface area contributed by atoms with Crippen molar-refractivity contribution in [3.05, 3.63) is 113 Å². The molecule has 1 aromatic heterocycles. The maximum atomic E-state index is 13.4. The first-order valence-corrected chi connectivity index (χ1v) is 13.3. The lowest BCUT2D eigenvalue weighted by Gasteiger charge is -2.13. The number of hydrogen-bond acceptors (Lipinski definition) is 6. The van der Waals surface area contributed by atoms with Gasteiger partial charge in [0.05, 0.1) is 5.25 Å². The summed E-state index contributed by atoms with van der Waals surface area (Å²) in [5.41, 5.74) is 1.38. The summed E-state index contributed by atoms with van der Waals surface area (Å²) in [4.78, 5) is 43.3. The zero-order valence-corrected chi connectivity index (χ0v) is 21.8. The minimum atomic E-state index is -0.560. The number of carbonyl (C=O) groups excluding carboxylic acids is 3. The van der Waals surface area contributed by atoms with Gasteiger partial charge in [-0.05, 0) is 61.0 Å². The highest BCUT2D eigenvalue weighted by Gasteiger charge is 2.18. The lowest BCUT2D eigenvalue weighted by molar-refractivity contribution is -0.115. The number of thiazole rings is 1. The number of benzene rings is 3. The van der Waals surface area contributed by atoms with Crippen molar-refractivity contribution in [2.24, 2.45) is 0 Å². The minimum Gasteiger partial charge on any atom is -0.321 e. The van der Waals surface area contributed by atoms with Crippen LogP contribution in [-0.4, -0.2) is 28.0 Å². The molecule has 1 unspecified atom stereocenters. The lowest BCUT2D eigenvalue weighted by Crippen LogP contribution is -2.30. The Morgan fingerprint density at radius 2 is 1.74 bits per heavy atom. The predicted molar refractivity (Wildman–Crippen MR) is 149 cm³/mol. The van der Waals surface area contributed by atoms with Crippen molar-refractivity contribution in [3.8, 4) is 0 Å². The third kappa shape index (κ3) is 7.61. The maximum Gasteiger partial charge on any atom is 0.272 e. The molecule has 0 saturated heterocycles. The summed E-state index contributed by atoms with van der Waals surface area (Å²) in [7, 11) is 0. The second-order valence-electron chi connectivity index (χ2n) is 8.00. The zero-order chi connectivity index (χ0) is 26.9. The van der Waals surface area contributed by atoms with Gasteiger partial charge in [-0.1, -0.05) is 36.4 Å². The molecule has 0 aliphatic heterocycles. The van der Waals surface area contributed by atoms with Crippen LogP contribution < -0.4 is 16.0 Å². The molecular weight excluding hydrogens is 523 g/mol. The Balaban J connectivity index is 1.48. The predicted octanol–water partition coefficient (Wildman–Crippen LogP) is 5.81. The summed E-state index contributed by atoms with van der Waals surface area (Å²) in [6.07, 6.45) is 3.09. The molecule has 0 fully saturated rings. The van der Waals surface area contributed by atoms with E-state index in [1.165, 1.54) is 53.4 Å². The van der Waals surface area contributed by atoms with Gasteiger partial charge in [-0.2, -0.15) is 0 Å². The minimum absolute atomic E-state index is 0.0142. The average Bonchev–Trinajstić information content (AvgIpc) is 3.43. The molecule has 4 rings (SSSR count). The smallest absolute Gasteiger partial charge is 0.272 e. The quantitative estimate of drug-likeness (QED) is 0.182. The van der Waals surface area contributed by atoms with Gasteiger partial charge in [0.25, 0.3) is 11.8 Å². The fourth-order valence-corrected chi connectivity index (χ4v) is 4.72. The monoisotopic (exact) mass is 546 g/mol. The number of rotatable bonds is 9. The van der Waals surface area contributed by atoms with Gasteiger partial charge in [-0.15, -0.1) is 23.1 Å². The first kappa shape index (κ1) is 26.8. The van der Waals surface area contributed by atoms with E-state index in [2.05, 4.69) is 20.9 Å². The number of carbonyl (C=O) groups is 3. The molecule has 3 amide bonds. The Bertz CT molecular complexity index is 1440. The SMILES string of the molecule is CC(Sc1cccc(NC(=O)/C(=C/c2ccc(F)cc2)NC(=O)c2ccccc2)c1)C(=O)Nc1nccs1. The van der Waals surface area contributed by atoms with Gasteiger partial charge in [0, 0.05) is 27.7 Å². The van der Waals surface area contributed by atoms with E-state index in [1.807, 2.05) is 6.07 Å². The summed E-state index contributed by atoms with van der Waals surface area (Å²) in [6.45, 7) is 1.78. The number of hydrogen-bond donors (Lipinski definition) is 3. The van der Waals surface area contributed by atoms with Gasteiger partial charge in [-0.3, -0.25) is 14.4 Å². The summed E-state index contributed by atoms with van der Waals surface area (Å²) >= 11 is 2.67. The van der Waals surface area contributed by atoms with E-state index in [-0.39, 0.29) is 11.6 Å². The highest BCUT2D eigenvalue weighted by Crippen LogP contribution is 2.27. The fourth-order valence-electron chi connectivity index (χ4n) is 3.26. The normalized spacial score (nSPS) is 11.9. The molecule has 38 heavy (non-hydrogen) atoms. The number of nitrogens with zero attached hydrogens (tertiary/aromatic N) is 1. The molecule has 1 atom stereocenters. The van der Waals surface area contributed by atoms with Gasteiger partial charge < -0.3 is 16.0 Å². The Hall–Kier alpha value is -4.28. The molecule has 1 heterocycles. The van der Waals surface area contributed by atoms with Crippen LogP contribution in [-0.2, 0) is 9.59 Å². The third-order valence-corrected chi connectivity index (χ3v) is 6.93. The van der Waals surface area contributed by atoms with Crippen molar-refractivity contribution in [2.75, 3.05) is 10.6 Å². The van der Waals surface area contributed by atoms with Crippen LogP contribution in [0, 0.1) is 5.82 Å². The first-order chi connectivity index (χ1) is 18.4. The van der Waals surface area contributed by atoms with Gasteiger partial charge in [0.1, 0.15) is 11.5 Å². The van der Waals surface area contributed by atoms with Crippen LogP contribution >= 0.6 is 23.1 Å². The van der Waals surface area contributed by atoms with Crippen molar-refractivity contribution in [1.82, 2.24) is 10.3 Å². The molecule has 0 bridgehead atoms. The standard InChI is InChI=1S/C28H23FN4O3S2/c1-18(25(34)33-28-30-14-15-37-28)38-23-9-5-8-22(17-23)31-27(36)24(16-19-10-12-21(29)13-11-19)32-26(35)20-6-3-2-4-7-20/h2-18H,1H3,(H,31,36)(H,32,35)(H,30,33,34)/b24-16-. The Labute approximate surface area is 227 Å². The van der Waals surface area contributed by atoms with Crippen LogP contribution in [0.2, 0.25) is 0 Å². The van der Waals surface area contributed by atoms with Crippen molar-refractivity contribution in [2.45, 2.75) is 17.1 Å². The molecule has 3 aromatic carbocycles. The van der Waals surface area contributed by atoms with Crippen LogP contribution in [0.4, 0.5) is 15.2 Å². The topological polar surface area (TPSA) is 100 Å². The van der Waals surface area contributed by atoms with Crippen LogP contribution in [0.15, 0.2) is 101 Å². The largest absolute Gasteiger partial charge is 0.321 e. The second-order valence-corrected chi connectivity index (χ2v) is 10.3. The molecule has 4 aromatic rings. The number of halogens is 1. The first-order valence-electron chi connectivity index (χ1n) is 11.5. The molecule has 0 aliphatic carbocycles. The molecule has 0 saturated carbocycles. The lowest BCUT2D eigenvalue weighted by atomic mass is 10.1. The van der Waals surface area contributed by atoms with Crippen molar-refractivity contribution in [3.63, 3.8) is 0 Å². The number of nitrogens with one attached hydrogen (secondary N) is 3.